The molecule has 0 saturated heterocycles. The van der Waals surface area contributed by atoms with Crippen LogP contribution in [0.2, 0.25) is 0 Å². The minimum absolute atomic E-state index is 0.0354. The Balaban J connectivity index is 1.95. The Bertz CT molecular complexity index is 549. The number of allylic oxidation sites excluding steroid dienone is 2. The van der Waals surface area contributed by atoms with E-state index in [-0.39, 0.29) is 11.8 Å². The quantitative estimate of drug-likeness (QED) is 0.827. The van der Waals surface area contributed by atoms with Gasteiger partial charge >= 0.3 is 0 Å². The smallest absolute Gasteiger partial charge is 0.224 e. The van der Waals surface area contributed by atoms with Crippen molar-refractivity contribution < 1.29 is 9.59 Å². The van der Waals surface area contributed by atoms with Gasteiger partial charge in [-0.2, -0.15) is 0 Å². The van der Waals surface area contributed by atoms with Crippen molar-refractivity contribution in [3.8, 4) is 0 Å². The predicted molar refractivity (Wildman–Crippen MR) is 80.6 cm³/mol. The lowest BCUT2D eigenvalue weighted by Gasteiger charge is -2.11. The third kappa shape index (κ3) is 3.95. The van der Waals surface area contributed by atoms with Gasteiger partial charge in [-0.3, -0.25) is 9.59 Å². The fourth-order valence-corrected chi connectivity index (χ4v) is 2.39. The molecular formula is C16H20N2O2. The van der Waals surface area contributed by atoms with E-state index in [1.54, 1.807) is 6.07 Å². The van der Waals surface area contributed by atoms with Crippen LogP contribution in [0.15, 0.2) is 30.4 Å². The number of carbonyl (C=O) groups excluding carboxylic acids is 2. The second kappa shape index (κ2) is 6.37. The highest BCUT2D eigenvalue weighted by Crippen LogP contribution is 2.23. The summed E-state index contributed by atoms with van der Waals surface area (Å²) in [6, 6.07) is 5.48. The zero-order chi connectivity index (χ0) is 14.5. The van der Waals surface area contributed by atoms with Crippen LogP contribution < -0.4 is 10.6 Å². The largest absolute Gasteiger partial charge is 0.326 e. The fraction of sp³-hybridized carbons (Fsp3) is 0.375. The van der Waals surface area contributed by atoms with Crippen LogP contribution in [0.1, 0.15) is 31.7 Å². The molecule has 1 aliphatic rings. The van der Waals surface area contributed by atoms with Crippen molar-refractivity contribution in [1.82, 2.24) is 0 Å². The number of amides is 2. The van der Waals surface area contributed by atoms with Crippen molar-refractivity contribution >= 4 is 23.2 Å². The van der Waals surface area contributed by atoms with Gasteiger partial charge in [-0.1, -0.05) is 12.2 Å². The molecule has 2 N–H and O–H groups in total. The lowest BCUT2D eigenvalue weighted by Crippen LogP contribution is -2.15. The second-order valence-electron chi connectivity index (χ2n) is 5.23. The Kier molecular flexibility index (Phi) is 4.56. The van der Waals surface area contributed by atoms with Crippen molar-refractivity contribution in [3.05, 3.63) is 35.9 Å². The summed E-state index contributed by atoms with van der Waals surface area (Å²) < 4.78 is 0. The summed E-state index contributed by atoms with van der Waals surface area (Å²) in [7, 11) is 0. The second-order valence-corrected chi connectivity index (χ2v) is 5.23. The highest BCUT2D eigenvalue weighted by Gasteiger charge is 2.14. The van der Waals surface area contributed by atoms with Crippen LogP contribution in [0.25, 0.3) is 0 Å². The topological polar surface area (TPSA) is 58.2 Å². The van der Waals surface area contributed by atoms with E-state index in [4.69, 9.17) is 0 Å². The van der Waals surface area contributed by atoms with Crippen LogP contribution in [-0.2, 0) is 9.59 Å². The molecule has 0 fully saturated rings. The van der Waals surface area contributed by atoms with E-state index in [1.165, 1.54) is 6.92 Å². The minimum atomic E-state index is -0.0992. The Morgan fingerprint density at radius 1 is 1.30 bits per heavy atom. The average molecular weight is 272 g/mol. The Morgan fingerprint density at radius 2 is 2.10 bits per heavy atom. The van der Waals surface area contributed by atoms with Crippen LogP contribution in [0, 0.1) is 12.8 Å². The minimum Gasteiger partial charge on any atom is -0.326 e. The van der Waals surface area contributed by atoms with Crippen LogP contribution in [0.4, 0.5) is 11.4 Å². The summed E-state index contributed by atoms with van der Waals surface area (Å²) >= 11 is 0. The van der Waals surface area contributed by atoms with Crippen molar-refractivity contribution in [2.45, 2.75) is 33.1 Å². The molecule has 4 nitrogen and oxygen atoms in total. The SMILES string of the molecule is CC(=O)Nc1ccc(NC(=O)C[C@@H]2C=CCC2)cc1C. The molecule has 0 unspecified atom stereocenters. The maximum atomic E-state index is 11.9. The predicted octanol–water partition coefficient (Wildman–Crippen LogP) is 3.25. The van der Waals surface area contributed by atoms with Gasteiger partial charge in [0.1, 0.15) is 0 Å². The molecule has 2 amide bonds. The van der Waals surface area contributed by atoms with Crippen LogP contribution in [0.5, 0.6) is 0 Å². The molecule has 106 valence electrons. The first-order chi connectivity index (χ1) is 9.54. The van der Waals surface area contributed by atoms with Gasteiger partial charge in [-0.15, -0.1) is 0 Å². The molecular weight excluding hydrogens is 252 g/mol. The summed E-state index contributed by atoms with van der Waals surface area (Å²) in [5.41, 5.74) is 2.47. The maximum absolute atomic E-state index is 11.9. The monoisotopic (exact) mass is 272 g/mol. The summed E-state index contributed by atoms with van der Waals surface area (Å²) in [5, 5.41) is 5.66. The van der Waals surface area contributed by atoms with Crippen LogP contribution in [0.3, 0.4) is 0 Å². The molecule has 20 heavy (non-hydrogen) atoms. The number of benzene rings is 1. The van der Waals surface area contributed by atoms with E-state index in [9.17, 15) is 9.59 Å². The van der Waals surface area contributed by atoms with Crippen molar-refractivity contribution in [2.24, 2.45) is 5.92 Å². The van der Waals surface area contributed by atoms with Gasteiger partial charge in [0.05, 0.1) is 0 Å². The first-order valence-corrected chi connectivity index (χ1v) is 6.89. The van der Waals surface area contributed by atoms with E-state index in [1.807, 2.05) is 19.1 Å². The van der Waals surface area contributed by atoms with E-state index in [0.29, 0.717) is 12.3 Å². The normalized spacial score (nSPS) is 17.0. The summed E-state index contributed by atoms with van der Waals surface area (Å²) in [5.74, 6) is 0.306. The highest BCUT2D eigenvalue weighted by atomic mass is 16.2. The van der Waals surface area contributed by atoms with Gasteiger partial charge in [0, 0.05) is 24.7 Å². The van der Waals surface area contributed by atoms with E-state index < -0.39 is 0 Å². The van der Waals surface area contributed by atoms with E-state index in [2.05, 4.69) is 22.8 Å². The van der Waals surface area contributed by atoms with E-state index >= 15 is 0 Å². The third-order valence-electron chi connectivity index (χ3n) is 3.38. The standard InChI is InChI=1S/C16H20N2O2/c1-11-9-14(7-8-15(11)17-12(2)19)18-16(20)10-13-5-3-4-6-13/h3,5,7-9,13H,4,6,10H2,1-2H3,(H,17,19)(H,18,20)/t13-/m1/s1. The zero-order valence-corrected chi connectivity index (χ0v) is 11.9. The average Bonchev–Trinajstić information content (AvgIpc) is 2.85. The first-order valence-electron chi connectivity index (χ1n) is 6.89. The molecule has 1 aromatic rings. The number of anilines is 2. The van der Waals surface area contributed by atoms with Crippen molar-refractivity contribution in [1.29, 1.82) is 0 Å². The molecule has 0 spiro atoms. The fourth-order valence-electron chi connectivity index (χ4n) is 2.39. The molecule has 1 aromatic carbocycles. The van der Waals surface area contributed by atoms with Gasteiger partial charge in [0.15, 0.2) is 0 Å². The van der Waals surface area contributed by atoms with E-state index in [0.717, 1.165) is 29.8 Å². The van der Waals surface area contributed by atoms with Crippen LogP contribution in [-0.4, -0.2) is 11.8 Å². The number of aryl methyl sites for hydroxylation is 1. The van der Waals surface area contributed by atoms with Crippen molar-refractivity contribution in [3.63, 3.8) is 0 Å². The lowest BCUT2D eigenvalue weighted by molar-refractivity contribution is -0.117. The highest BCUT2D eigenvalue weighted by molar-refractivity contribution is 5.93. The zero-order valence-electron chi connectivity index (χ0n) is 11.9. The number of hydrogen-bond acceptors (Lipinski definition) is 2. The molecule has 4 heteroatoms. The van der Waals surface area contributed by atoms with Gasteiger partial charge in [0.25, 0.3) is 0 Å². The van der Waals surface area contributed by atoms with Gasteiger partial charge in [-0.05, 0) is 49.4 Å². The summed E-state index contributed by atoms with van der Waals surface area (Å²) in [6.07, 6.45) is 6.91. The first kappa shape index (κ1) is 14.3. The summed E-state index contributed by atoms with van der Waals surface area (Å²) in [6.45, 7) is 3.38. The maximum Gasteiger partial charge on any atom is 0.224 e. The van der Waals surface area contributed by atoms with Gasteiger partial charge in [-0.25, -0.2) is 0 Å². The van der Waals surface area contributed by atoms with Gasteiger partial charge in [0.2, 0.25) is 11.8 Å². The molecule has 0 bridgehead atoms. The molecule has 0 heterocycles. The molecule has 0 aliphatic heterocycles. The Labute approximate surface area is 119 Å². The summed E-state index contributed by atoms with van der Waals surface area (Å²) in [4.78, 5) is 23.0. The molecule has 1 atom stereocenters. The number of nitrogens with one attached hydrogen (secondary N) is 2. The van der Waals surface area contributed by atoms with Crippen molar-refractivity contribution in [2.75, 3.05) is 10.6 Å². The number of carbonyl (C=O) groups is 2. The molecule has 0 saturated carbocycles. The Morgan fingerprint density at radius 3 is 2.70 bits per heavy atom. The van der Waals surface area contributed by atoms with Crippen LogP contribution >= 0.6 is 0 Å². The number of rotatable bonds is 4. The molecule has 0 aromatic heterocycles. The van der Waals surface area contributed by atoms with Gasteiger partial charge < -0.3 is 10.6 Å². The lowest BCUT2D eigenvalue weighted by atomic mass is 10.0. The third-order valence-corrected chi connectivity index (χ3v) is 3.38. The number of hydrogen-bond donors (Lipinski definition) is 2. The Hall–Kier alpha value is -2.10. The molecule has 1 aliphatic carbocycles. The molecule has 0 radical (unpaired) electrons. The molecule has 2 rings (SSSR count).